The van der Waals surface area contributed by atoms with Crippen molar-refractivity contribution in [2.75, 3.05) is 46.2 Å². The highest BCUT2D eigenvalue weighted by atomic mass is 32.2. The highest BCUT2D eigenvalue weighted by Gasteiger charge is 2.51. The van der Waals surface area contributed by atoms with Gasteiger partial charge in [-0.25, -0.2) is 12.7 Å². The van der Waals surface area contributed by atoms with Gasteiger partial charge in [-0.3, -0.25) is 4.90 Å². The Morgan fingerprint density at radius 3 is 2.52 bits per heavy atom. The number of piperidine rings is 1. The molecule has 2 fully saturated rings. The standard InChI is InChI=1S/C20H32N2O4S/c1-16(2)26-19-7-5-17(6-8-19)11-21-10-9-20(15-25-3)14-22(27(4,23)24)13-18(20)12-21/h5-8,16,18H,9-15H2,1-4H3/t18-,20+/m1/s1. The van der Waals surface area contributed by atoms with E-state index in [1.165, 1.54) is 11.8 Å². The van der Waals surface area contributed by atoms with Crippen LogP contribution in [0.25, 0.3) is 0 Å². The van der Waals surface area contributed by atoms with Gasteiger partial charge < -0.3 is 9.47 Å². The van der Waals surface area contributed by atoms with E-state index in [2.05, 4.69) is 17.0 Å². The molecule has 0 aliphatic carbocycles. The first-order valence-corrected chi connectivity index (χ1v) is 11.5. The van der Waals surface area contributed by atoms with Crippen LogP contribution in [0.2, 0.25) is 0 Å². The molecule has 0 radical (unpaired) electrons. The topological polar surface area (TPSA) is 59.1 Å². The second-order valence-corrected chi connectivity index (χ2v) is 10.3. The Morgan fingerprint density at radius 1 is 1.22 bits per heavy atom. The van der Waals surface area contributed by atoms with Gasteiger partial charge >= 0.3 is 0 Å². The number of hydrogen-bond acceptors (Lipinski definition) is 5. The molecule has 0 amide bonds. The van der Waals surface area contributed by atoms with Crippen molar-refractivity contribution < 1.29 is 17.9 Å². The Bertz CT molecular complexity index is 735. The summed E-state index contributed by atoms with van der Waals surface area (Å²) in [7, 11) is -1.45. The summed E-state index contributed by atoms with van der Waals surface area (Å²) in [6.45, 7) is 8.59. The summed E-state index contributed by atoms with van der Waals surface area (Å²) in [4.78, 5) is 2.43. The minimum absolute atomic E-state index is 0.0523. The van der Waals surface area contributed by atoms with Crippen molar-refractivity contribution in [3.63, 3.8) is 0 Å². The van der Waals surface area contributed by atoms with Gasteiger partial charge in [-0.2, -0.15) is 0 Å². The molecule has 7 heteroatoms. The normalized spacial score (nSPS) is 27.1. The van der Waals surface area contributed by atoms with Crippen molar-refractivity contribution in [3.8, 4) is 5.75 Å². The zero-order chi connectivity index (χ0) is 19.7. The minimum Gasteiger partial charge on any atom is -0.491 e. The lowest BCUT2D eigenvalue weighted by Crippen LogP contribution is -2.48. The maximum atomic E-state index is 12.1. The smallest absolute Gasteiger partial charge is 0.211 e. The summed E-state index contributed by atoms with van der Waals surface area (Å²) in [5.74, 6) is 1.20. The molecule has 0 N–H and O–H groups in total. The predicted molar refractivity (Wildman–Crippen MR) is 106 cm³/mol. The average Bonchev–Trinajstić information content (AvgIpc) is 2.96. The van der Waals surface area contributed by atoms with Crippen LogP contribution >= 0.6 is 0 Å². The van der Waals surface area contributed by atoms with Crippen LogP contribution in [-0.2, 0) is 21.3 Å². The molecule has 0 aromatic heterocycles. The molecule has 3 rings (SSSR count). The first-order chi connectivity index (χ1) is 12.7. The molecular weight excluding hydrogens is 364 g/mol. The number of sulfonamides is 1. The molecular formula is C20H32N2O4S. The molecule has 6 nitrogen and oxygen atoms in total. The zero-order valence-corrected chi connectivity index (χ0v) is 17.7. The van der Waals surface area contributed by atoms with Gasteiger partial charge in [0.15, 0.2) is 0 Å². The first-order valence-electron chi connectivity index (χ1n) is 9.64. The summed E-state index contributed by atoms with van der Waals surface area (Å²) in [6.07, 6.45) is 2.45. The molecule has 2 saturated heterocycles. The molecule has 0 spiro atoms. The van der Waals surface area contributed by atoms with Crippen LogP contribution in [0.15, 0.2) is 24.3 Å². The van der Waals surface area contributed by atoms with E-state index < -0.39 is 10.0 Å². The fourth-order valence-corrected chi connectivity index (χ4v) is 5.37. The number of ether oxygens (including phenoxy) is 2. The quantitative estimate of drug-likeness (QED) is 0.707. The molecule has 1 aromatic rings. The largest absolute Gasteiger partial charge is 0.491 e. The van der Waals surface area contributed by atoms with Crippen LogP contribution in [0.3, 0.4) is 0 Å². The van der Waals surface area contributed by atoms with Crippen molar-refractivity contribution in [2.45, 2.75) is 32.9 Å². The van der Waals surface area contributed by atoms with Crippen molar-refractivity contribution in [1.82, 2.24) is 9.21 Å². The Balaban J connectivity index is 1.66. The van der Waals surface area contributed by atoms with Gasteiger partial charge in [0.25, 0.3) is 0 Å². The summed E-state index contributed by atoms with van der Waals surface area (Å²) in [5, 5.41) is 0. The number of rotatable bonds is 7. The van der Waals surface area contributed by atoms with Gasteiger partial charge in [-0.05, 0) is 50.4 Å². The lowest BCUT2D eigenvalue weighted by atomic mass is 9.73. The minimum atomic E-state index is -3.16. The van der Waals surface area contributed by atoms with Gasteiger partial charge in [-0.15, -0.1) is 0 Å². The van der Waals surface area contributed by atoms with Crippen LogP contribution < -0.4 is 4.74 Å². The van der Waals surface area contributed by atoms with Gasteiger partial charge in [0.2, 0.25) is 10.0 Å². The fraction of sp³-hybridized carbons (Fsp3) is 0.700. The molecule has 0 unspecified atom stereocenters. The number of benzene rings is 1. The fourth-order valence-electron chi connectivity index (χ4n) is 4.43. The summed E-state index contributed by atoms with van der Waals surface area (Å²) in [6, 6.07) is 8.28. The highest BCUT2D eigenvalue weighted by Crippen LogP contribution is 2.44. The van der Waals surface area contributed by atoms with Crippen LogP contribution in [0.5, 0.6) is 5.75 Å². The molecule has 2 atom stereocenters. The third-order valence-corrected chi connectivity index (χ3v) is 7.00. The maximum Gasteiger partial charge on any atom is 0.211 e. The van der Waals surface area contributed by atoms with Crippen LogP contribution in [0.1, 0.15) is 25.8 Å². The molecule has 27 heavy (non-hydrogen) atoms. The number of likely N-dealkylation sites (tertiary alicyclic amines) is 1. The van der Waals surface area contributed by atoms with Gasteiger partial charge in [0.05, 0.1) is 19.0 Å². The van der Waals surface area contributed by atoms with E-state index in [-0.39, 0.29) is 11.5 Å². The molecule has 152 valence electrons. The lowest BCUT2D eigenvalue weighted by molar-refractivity contribution is -0.00108. The third-order valence-electron chi connectivity index (χ3n) is 5.79. The third kappa shape index (κ3) is 4.83. The van der Waals surface area contributed by atoms with E-state index in [9.17, 15) is 8.42 Å². The number of methoxy groups -OCH3 is 1. The molecule has 2 aliphatic rings. The Kier molecular flexibility index (Phi) is 6.15. The molecule has 1 aromatic carbocycles. The highest BCUT2D eigenvalue weighted by molar-refractivity contribution is 7.88. The molecule has 0 saturated carbocycles. The molecule has 0 bridgehead atoms. The van der Waals surface area contributed by atoms with E-state index in [1.807, 2.05) is 26.0 Å². The van der Waals surface area contributed by atoms with Crippen LogP contribution in [-0.4, -0.2) is 69.9 Å². The van der Waals surface area contributed by atoms with E-state index in [0.717, 1.165) is 31.8 Å². The van der Waals surface area contributed by atoms with Crippen molar-refractivity contribution >= 4 is 10.0 Å². The molecule has 2 heterocycles. The van der Waals surface area contributed by atoms with E-state index >= 15 is 0 Å². The van der Waals surface area contributed by atoms with Crippen molar-refractivity contribution in [3.05, 3.63) is 29.8 Å². The Hall–Kier alpha value is -1.15. The van der Waals surface area contributed by atoms with E-state index in [0.29, 0.717) is 25.6 Å². The summed E-state index contributed by atoms with van der Waals surface area (Å²) < 4.78 is 37.0. The van der Waals surface area contributed by atoms with E-state index in [4.69, 9.17) is 9.47 Å². The Morgan fingerprint density at radius 2 is 1.93 bits per heavy atom. The van der Waals surface area contributed by atoms with E-state index in [1.54, 1.807) is 11.4 Å². The van der Waals surface area contributed by atoms with Gasteiger partial charge in [0.1, 0.15) is 5.75 Å². The summed E-state index contributed by atoms with van der Waals surface area (Å²) in [5.41, 5.74) is 1.20. The maximum absolute atomic E-state index is 12.1. The van der Waals surface area contributed by atoms with Crippen LogP contribution in [0.4, 0.5) is 0 Å². The number of hydrogen-bond donors (Lipinski definition) is 0. The SMILES string of the molecule is COC[C@@]12CCN(Cc3ccc(OC(C)C)cc3)C[C@@H]1CN(S(C)(=O)=O)C2. The Labute approximate surface area is 163 Å². The van der Waals surface area contributed by atoms with Crippen molar-refractivity contribution in [1.29, 1.82) is 0 Å². The number of fused-ring (bicyclic) bond motifs is 1. The predicted octanol–water partition coefficient (Wildman–Crippen LogP) is 2.20. The van der Waals surface area contributed by atoms with Crippen molar-refractivity contribution in [2.24, 2.45) is 11.3 Å². The van der Waals surface area contributed by atoms with Gasteiger partial charge in [-0.1, -0.05) is 12.1 Å². The van der Waals surface area contributed by atoms with Gasteiger partial charge in [0, 0.05) is 38.7 Å². The van der Waals surface area contributed by atoms with Crippen LogP contribution in [0, 0.1) is 11.3 Å². The lowest BCUT2D eigenvalue weighted by Gasteiger charge is -2.43. The number of nitrogens with zero attached hydrogens (tertiary/aromatic N) is 2. The monoisotopic (exact) mass is 396 g/mol. The first kappa shape index (κ1) is 20.6. The summed E-state index contributed by atoms with van der Waals surface area (Å²) >= 11 is 0. The second-order valence-electron chi connectivity index (χ2n) is 8.34. The zero-order valence-electron chi connectivity index (χ0n) is 16.8. The second kappa shape index (κ2) is 8.07. The average molecular weight is 397 g/mol. The molecule has 2 aliphatic heterocycles.